The van der Waals surface area contributed by atoms with Gasteiger partial charge in [-0.2, -0.15) is 5.26 Å². The molecule has 1 fully saturated rings. The zero-order valence-electron chi connectivity index (χ0n) is 8.73. The third-order valence-corrected chi connectivity index (χ3v) is 2.33. The van der Waals surface area contributed by atoms with Crippen molar-refractivity contribution in [2.24, 2.45) is 5.16 Å². The SMILES string of the molecule is COC(=O)/C(C#N)=N/OC1CCCCC1. The number of esters is 1. The normalized spacial score (nSPS) is 18.0. The predicted octanol–water partition coefficient (Wildman–Crippen LogP) is 1.39. The number of nitriles is 1. The van der Waals surface area contributed by atoms with Crippen LogP contribution in [0, 0.1) is 11.3 Å². The molecule has 0 aliphatic heterocycles. The molecule has 0 saturated heterocycles. The van der Waals surface area contributed by atoms with Crippen molar-refractivity contribution >= 4 is 11.7 Å². The quantitative estimate of drug-likeness (QED) is 0.401. The maximum atomic E-state index is 11.0. The van der Waals surface area contributed by atoms with Gasteiger partial charge in [-0.3, -0.25) is 0 Å². The Morgan fingerprint density at radius 2 is 2.07 bits per heavy atom. The first-order valence-corrected chi connectivity index (χ1v) is 5.00. The highest BCUT2D eigenvalue weighted by atomic mass is 16.6. The number of nitrogens with zero attached hydrogens (tertiary/aromatic N) is 2. The molecular formula is C10H14N2O3. The van der Waals surface area contributed by atoms with E-state index in [-0.39, 0.29) is 11.8 Å². The van der Waals surface area contributed by atoms with Crippen LogP contribution in [0.1, 0.15) is 32.1 Å². The molecule has 0 atom stereocenters. The van der Waals surface area contributed by atoms with Crippen LogP contribution in [0.15, 0.2) is 5.16 Å². The lowest BCUT2D eigenvalue weighted by atomic mass is 9.98. The van der Waals surface area contributed by atoms with Gasteiger partial charge >= 0.3 is 5.97 Å². The van der Waals surface area contributed by atoms with E-state index >= 15 is 0 Å². The number of rotatable bonds is 3. The molecule has 0 amide bonds. The molecule has 82 valence electrons. The van der Waals surface area contributed by atoms with E-state index in [0.29, 0.717) is 0 Å². The summed E-state index contributed by atoms with van der Waals surface area (Å²) in [5.74, 6) is -0.756. The van der Waals surface area contributed by atoms with Gasteiger partial charge in [0.15, 0.2) is 0 Å². The van der Waals surface area contributed by atoms with Crippen LogP contribution in [0.25, 0.3) is 0 Å². The Morgan fingerprint density at radius 1 is 1.40 bits per heavy atom. The zero-order chi connectivity index (χ0) is 11.1. The highest BCUT2D eigenvalue weighted by molar-refractivity contribution is 6.42. The number of oxime groups is 1. The fourth-order valence-electron chi connectivity index (χ4n) is 1.50. The Labute approximate surface area is 88.6 Å². The standard InChI is InChI=1S/C10H14N2O3/c1-14-10(13)9(7-11)12-15-8-5-3-2-4-6-8/h8H,2-6H2,1H3/b12-9+. The second kappa shape index (κ2) is 6.02. The Bertz CT molecular complexity index is 288. The van der Waals surface area contributed by atoms with Crippen molar-refractivity contribution < 1.29 is 14.4 Å². The minimum absolute atomic E-state index is 0.0340. The number of methoxy groups -OCH3 is 1. The largest absolute Gasteiger partial charge is 0.464 e. The average Bonchev–Trinajstić information content (AvgIpc) is 2.31. The number of hydrogen-bond acceptors (Lipinski definition) is 5. The number of ether oxygens (including phenoxy) is 1. The zero-order valence-corrected chi connectivity index (χ0v) is 8.73. The van der Waals surface area contributed by atoms with Crippen LogP contribution in [0.4, 0.5) is 0 Å². The number of carbonyl (C=O) groups is 1. The fourth-order valence-corrected chi connectivity index (χ4v) is 1.50. The van der Waals surface area contributed by atoms with Crippen molar-refractivity contribution in [1.29, 1.82) is 5.26 Å². The van der Waals surface area contributed by atoms with Crippen LogP contribution in [0.5, 0.6) is 0 Å². The first-order chi connectivity index (χ1) is 7.27. The molecule has 1 saturated carbocycles. The molecule has 0 aromatic carbocycles. The molecule has 5 heteroatoms. The van der Waals surface area contributed by atoms with Crippen molar-refractivity contribution in [2.75, 3.05) is 7.11 Å². The van der Waals surface area contributed by atoms with Crippen LogP contribution < -0.4 is 0 Å². The molecular weight excluding hydrogens is 196 g/mol. The fraction of sp³-hybridized carbons (Fsp3) is 0.700. The van der Waals surface area contributed by atoms with Crippen molar-refractivity contribution in [3.63, 3.8) is 0 Å². The number of hydrogen-bond donors (Lipinski definition) is 0. The molecule has 0 bridgehead atoms. The van der Waals surface area contributed by atoms with Gasteiger partial charge in [0.1, 0.15) is 12.2 Å². The summed E-state index contributed by atoms with van der Waals surface area (Å²) in [6.45, 7) is 0. The van der Waals surface area contributed by atoms with Crippen molar-refractivity contribution in [3.05, 3.63) is 0 Å². The van der Waals surface area contributed by atoms with Crippen molar-refractivity contribution in [1.82, 2.24) is 0 Å². The Balaban J connectivity index is 2.46. The highest BCUT2D eigenvalue weighted by Gasteiger charge is 2.17. The molecule has 1 rings (SSSR count). The van der Waals surface area contributed by atoms with Crippen LogP contribution >= 0.6 is 0 Å². The summed E-state index contributed by atoms with van der Waals surface area (Å²) in [6, 6.07) is 1.64. The second-order valence-corrected chi connectivity index (χ2v) is 3.41. The van der Waals surface area contributed by atoms with Crippen LogP contribution in [-0.4, -0.2) is 24.9 Å². The molecule has 5 nitrogen and oxygen atoms in total. The van der Waals surface area contributed by atoms with E-state index in [2.05, 4.69) is 9.89 Å². The van der Waals surface area contributed by atoms with Crippen LogP contribution in [0.3, 0.4) is 0 Å². The Kier molecular flexibility index (Phi) is 4.61. The Morgan fingerprint density at radius 3 is 2.60 bits per heavy atom. The van der Waals surface area contributed by atoms with E-state index in [1.165, 1.54) is 13.5 Å². The molecule has 1 aliphatic carbocycles. The van der Waals surface area contributed by atoms with E-state index in [4.69, 9.17) is 10.1 Å². The van der Waals surface area contributed by atoms with E-state index in [1.807, 2.05) is 0 Å². The van der Waals surface area contributed by atoms with Crippen molar-refractivity contribution in [2.45, 2.75) is 38.2 Å². The molecule has 0 N–H and O–H groups in total. The summed E-state index contributed by atoms with van der Waals surface area (Å²) in [5, 5.41) is 12.1. The summed E-state index contributed by atoms with van der Waals surface area (Å²) < 4.78 is 4.37. The topological polar surface area (TPSA) is 71.7 Å². The lowest BCUT2D eigenvalue weighted by Crippen LogP contribution is -2.18. The first-order valence-electron chi connectivity index (χ1n) is 5.00. The first kappa shape index (κ1) is 11.5. The predicted molar refractivity (Wildman–Crippen MR) is 53.0 cm³/mol. The van der Waals surface area contributed by atoms with Gasteiger partial charge < -0.3 is 9.57 Å². The molecule has 0 heterocycles. The summed E-state index contributed by atoms with van der Waals surface area (Å²) in [6.07, 6.45) is 5.34. The summed E-state index contributed by atoms with van der Waals surface area (Å²) in [4.78, 5) is 16.1. The third-order valence-electron chi connectivity index (χ3n) is 2.33. The van der Waals surface area contributed by atoms with Gasteiger partial charge in [-0.1, -0.05) is 11.6 Å². The lowest BCUT2D eigenvalue weighted by molar-refractivity contribution is -0.132. The van der Waals surface area contributed by atoms with Crippen molar-refractivity contribution in [3.8, 4) is 6.07 Å². The molecule has 0 spiro atoms. The maximum Gasteiger partial charge on any atom is 0.371 e. The summed E-state index contributed by atoms with van der Waals surface area (Å²) in [7, 11) is 1.20. The van der Waals surface area contributed by atoms with Gasteiger partial charge in [-0.05, 0) is 25.7 Å². The van der Waals surface area contributed by atoms with E-state index in [1.54, 1.807) is 6.07 Å². The van der Waals surface area contributed by atoms with Gasteiger partial charge in [0, 0.05) is 0 Å². The second-order valence-electron chi connectivity index (χ2n) is 3.41. The highest BCUT2D eigenvalue weighted by Crippen LogP contribution is 2.20. The smallest absolute Gasteiger partial charge is 0.371 e. The van der Waals surface area contributed by atoms with Gasteiger partial charge in [0.2, 0.25) is 0 Å². The molecule has 0 unspecified atom stereocenters. The molecule has 1 aliphatic rings. The third kappa shape index (κ3) is 3.58. The van der Waals surface area contributed by atoms with Gasteiger partial charge in [-0.15, -0.1) is 0 Å². The van der Waals surface area contributed by atoms with Crippen LogP contribution in [0.2, 0.25) is 0 Å². The Hall–Kier alpha value is -1.57. The summed E-state index contributed by atoms with van der Waals surface area (Å²) in [5.41, 5.74) is -0.330. The van der Waals surface area contributed by atoms with E-state index in [9.17, 15) is 4.79 Å². The molecule has 0 aromatic heterocycles. The maximum absolute atomic E-state index is 11.0. The van der Waals surface area contributed by atoms with Gasteiger partial charge in [0.25, 0.3) is 5.71 Å². The summed E-state index contributed by atoms with van der Waals surface area (Å²) >= 11 is 0. The molecule has 0 radical (unpaired) electrons. The number of carbonyl (C=O) groups excluding carboxylic acids is 1. The molecule has 15 heavy (non-hydrogen) atoms. The molecule has 0 aromatic rings. The average molecular weight is 210 g/mol. The van der Waals surface area contributed by atoms with Crippen LogP contribution in [-0.2, 0) is 14.4 Å². The minimum Gasteiger partial charge on any atom is -0.464 e. The van der Waals surface area contributed by atoms with Gasteiger partial charge in [0.05, 0.1) is 7.11 Å². The van der Waals surface area contributed by atoms with E-state index < -0.39 is 5.97 Å². The van der Waals surface area contributed by atoms with E-state index in [0.717, 1.165) is 25.7 Å². The minimum atomic E-state index is -0.756. The lowest BCUT2D eigenvalue weighted by Gasteiger charge is -2.18. The monoisotopic (exact) mass is 210 g/mol. The van der Waals surface area contributed by atoms with Gasteiger partial charge in [-0.25, -0.2) is 4.79 Å².